The Morgan fingerprint density at radius 1 is 0.964 bits per heavy atom. The summed E-state index contributed by atoms with van der Waals surface area (Å²) in [6.45, 7) is 2.84. The zero-order valence-corrected chi connectivity index (χ0v) is 17.7. The van der Waals surface area contributed by atoms with Gasteiger partial charge in [-0.3, -0.25) is 10.1 Å². The second-order valence-corrected chi connectivity index (χ2v) is 6.66. The summed E-state index contributed by atoms with van der Waals surface area (Å²) in [4.78, 5) is 12.9. The highest BCUT2D eigenvalue weighted by Gasteiger charge is 2.31. The summed E-state index contributed by atoms with van der Waals surface area (Å²) >= 11 is 0. The third-order valence-electron chi connectivity index (χ3n) is 5.06. The molecule has 0 radical (unpaired) electrons. The maximum Gasteiger partial charge on any atom is 0.269 e. The molecule has 1 aliphatic heterocycles. The largest absolute Gasteiger partial charge is 0.399 e. The molecule has 6 nitrogen and oxygen atoms in total. The number of hydrogen-bond acceptors (Lipinski definition) is 5. The van der Waals surface area contributed by atoms with Gasteiger partial charge in [0.25, 0.3) is 5.69 Å². The van der Waals surface area contributed by atoms with E-state index in [0.717, 1.165) is 34.5 Å². The summed E-state index contributed by atoms with van der Waals surface area (Å²) in [5, 5.41) is 11.0. The van der Waals surface area contributed by atoms with Crippen LogP contribution in [0.5, 0.6) is 0 Å². The molecule has 1 aliphatic rings. The Hall–Kier alpha value is -2.81. The number of nitrogen functional groups attached to an aromatic ring is 2. The number of non-ortho nitro benzene ring substituents is 1. The van der Waals surface area contributed by atoms with Crippen molar-refractivity contribution in [3.63, 3.8) is 0 Å². The zero-order valence-electron chi connectivity index (χ0n) is 15.3. The lowest BCUT2D eigenvalue weighted by Gasteiger charge is -2.40. The number of nitro groups is 1. The Kier molecular flexibility index (Phi) is 5.46. The number of nitro benzene ring substituents is 1. The minimum Gasteiger partial charge on any atom is -0.399 e. The molecule has 0 amide bonds. The molecule has 3 aromatic carbocycles. The number of nitrogens with zero attached hydrogens (tertiary/aromatic N) is 2. The SMILES string of the molecule is CCN1c2cc(N)ccc2-c2ccc(N)cc2C1c1ccc([N+](=O)[O-])cc1.I. The number of hydrogen-bond donors (Lipinski definition) is 2. The van der Waals surface area contributed by atoms with Gasteiger partial charge < -0.3 is 16.4 Å². The van der Waals surface area contributed by atoms with E-state index >= 15 is 0 Å². The minimum absolute atomic E-state index is 0. The summed E-state index contributed by atoms with van der Waals surface area (Å²) in [5.74, 6) is 0. The van der Waals surface area contributed by atoms with E-state index in [-0.39, 0.29) is 40.6 Å². The molecular weight excluding hydrogens is 467 g/mol. The van der Waals surface area contributed by atoms with E-state index < -0.39 is 0 Å². The smallest absolute Gasteiger partial charge is 0.269 e. The molecule has 7 heteroatoms. The summed E-state index contributed by atoms with van der Waals surface area (Å²) in [5.41, 5.74) is 18.9. The summed E-state index contributed by atoms with van der Waals surface area (Å²) in [6, 6.07) is 18.5. The fourth-order valence-electron chi connectivity index (χ4n) is 3.86. The molecule has 0 aliphatic carbocycles. The van der Waals surface area contributed by atoms with Crippen molar-refractivity contribution < 1.29 is 4.92 Å². The van der Waals surface area contributed by atoms with Crippen LogP contribution in [-0.2, 0) is 0 Å². The van der Waals surface area contributed by atoms with E-state index in [1.807, 2.05) is 48.5 Å². The topological polar surface area (TPSA) is 98.4 Å². The van der Waals surface area contributed by atoms with E-state index in [9.17, 15) is 10.1 Å². The lowest BCUT2D eigenvalue weighted by Crippen LogP contribution is -2.33. The Bertz CT molecular complexity index is 1040. The molecule has 0 aromatic heterocycles. The van der Waals surface area contributed by atoms with Crippen molar-refractivity contribution in [3.8, 4) is 11.1 Å². The summed E-state index contributed by atoms with van der Waals surface area (Å²) < 4.78 is 0. The lowest BCUT2D eigenvalue weighted by atomic mass is 9.84. The van der Waals surface area contributed by atoms with Crippen LogP contribution >= 0.6 is 24.0 Å². The average Bonchev–Trinajstić information content (AvgIpc) is 2.66. The van der Waals surface area contributed by atoms with Crippen LogP contribution in [0, 0.1) is 10.1 Å². The Labute approximate surface area is 180 Å². The van der Waals surface area contributed by atoms with E-state index in [4.69, 9.17) is 11.5 Å². The van der Waals surface area contributed by atoms with Gasteiger partial charge in [0, 0.05) is 41.3 Å². The number of rotatable bonds is 3. The molecule has 0 saturated heterocycles. The van der Waals surface area contributed by atoms with Gasteiger partial charge in [-0.2, -0.15) is 0 Å². The minimum atomic E-state index is -0.385. The molecule has 3 aromatic rings. The second-order valence-electron chi connectivity index (χ2n) is 6.66. The van der Waals surface area contributed by atoms with Crippen LogP contribution in [0.2, 0.25) is 0 Å². The molecule has 0 fully saturated rings. The van der Waals surface area contributed by atoms with Crippen LogP contribution in [0.3, 0.4) is 0 Å². The molecule has 4 rings (SSSR count). The van der Waals surface area contributed by atoms with Crippen LogP contribution in [0.15, 0.2) is 60.7 Å². The van der Waals surface area contributed by atoms with Crippen molar-refractivity contribution in [1.29, 1.82) is 0 Å². The van der Waals surface area contributed by atoms with Crippen LogP contribution < -0.4 is 16.4 Å². The van der Waals surface area contributed by atoms with E-state index in [1.165, 1.54) is 0 Å². The van der Waals surface area contributed by atoms with Crippen molar-refractivity contribution in [1.82, 2.24) is 0 Å². The fraction of sp³-hybridized carbons (Fsp3) is 0.143. The first-order chi connectivity index (χ1) is 13.0. The first-order valence-corrected chi connectivity index (χ1v) is 8.80. The van der Waals surface area contributed by atoms with Gasteiger partial charge in [-0.1, -0.05) is 12.1 Å². The summed E-state index contributed by atoms with van der Waals surface area (Å²) in [6.07, 6.45) is 0. The molecular formula is C21H21IN4O2. The Morgan fingerprint density at radius 2 is 1.57 bits per heavy atom. The van der Waals surface area contributed by atoms with Gasteiger partial charge in [0.05, 0.1) is 11.0 Å². The predicted molar refractivity (Wildman–Crippen MR) is 124 cm³/mol. The normalized spacial score (nSPS) is 14.6. The average molecular weight is 488 g/mol. The number of anilines is 3. The first-order valence-electron chi connectivity index (χ1n) is 8.80. The quantitative estimate of drug-likeness (QED) is 0.235. The molecule has 144 valence electrons. The molecule has 1 atom stereocenters. The third kappa shape index (κ3) is 3.26. The van der Waals surface area contributed by atoms with Gasteiger partial charge in [-0.15, -0.1) is 24.0 Å². The van der Waals surface area contributed by atoms with Gasteiger partial charge >= 0.3 is 0 Å². The van der Waals surface area contributed by atoms with E-state index in [2.05, 4.69) is 11.8 Å². The van der Waals surface area contributed by atoms with Crippen LogP contribution in [0.1, 0.15) is 24.1 Å². The number of nitrogens with two attached hydrogens (primary N) is 2. The monoisotopic (exact) mass is 488 g/mol. The van der Waals surface area contributed by atoms with Gasteiger partial charge in [-0.05, 0) is 60.0 Å². The van der Waals surface area contributed by atoms with Crippen molar-refractivity contribution >= 4 is 46.7 Å². The molecule has 0 bridgehead atoms. The van der Waals surface area contributed by atoms with Gasteiger partial charge in [0.2, 0.25) is 0 Å². The van der Waals surface area contributed by atoms with E-state index in [1.54, 1.807) is 12.1 Å². The maximum atomic E-state index is 11.0. The van der Waals surface area contributed by atoms with Crippen LogP contribution in [-0.4, -0.2) is 11.5 Å². The van der Waals surface area contributed by atoms with Crippen molar-refractivity contribution in [3.05, 3.63) is 81.9 Å². The van der Waals surface area contributed by atoms with Crippen molar-refractivity contribution in [2.45, 2.75) is 13.0 Å². The molecule has 28 heavy (non-hydrogen) atoms. The molecule has 1 unspecified atom stereocenters. The van der Waals surface area contributed by atoms with Crippen LogP contribution in [0.4, 0.5) is 22.7 Å². The fourth-order valence-corrected chi connectivity index (χ4v) is 3.86. The molecule has 4 N–H and O–H groups in total. The summed E-state index contributed by atoms with van der Waals surface area (Å²) in [7, 11) is 0. The number of benzene rings is 3. The zero-order chi connectivity index (χ0) is 19.1. The third-order valence-corrected chi connectivity index (χ3v) is 5.06. The predicted octanol–water partition coefficient (Wildman–Crippen LogP) is 4.97. The first kappa shape index (κ1) is 19.9. The molecule has 0 saturated carbocycles. The molecule has 1 heterocycles. The van der Waals surface area contributed by atoms with Gasteiger partial charge in [-0.25, -0.2) is 0 Å². The number of halogens is 1. The highest BCUT2D eigenvalue weighted by atomic mass is 127. The standard InChI is InChI=1S/C21H20N4O2.HI/c1-2-24-20-12-15(23)6-10-18(20)17-9-5-14(22)11-19(17)21(24)13-3-7-16(8-4-13)25(26)27;/h3-12,21H,2,22-23H2,1H3;1H. The Morgan fingerprint density at radius 3 is 2.18 bits per heavy atom. The lowest BCUT2D eigenvalue weighted by molar-refractivity contribution is -0.384. The van der Waals surface area contributed by atoms with Gasteiger partial charge in [0.15, 0.2) is 0 Å². The highest BCUT2D eigenvalue weighted by molar-refractivity contribution is 14.0. The highest BCUT2D eigenvalue weighted by Crippen LogP contribution is 2.48. The maximum absolute atomic E-state index is 11.0. The second kappa shape index (κ2) is 7.67. The number of fused-ring (bicyclic) bond motifs is 3. The Balaban J connectivity index is 0.00000225. The van der Waals surface area contributed by atoms with Crippen LogP contribution in [0.25, 0.3) is 11.1 Å². The van der Waals surface area contributed by atoms with E-state index in [0.29, 0.717) is 11.4 Å². The molecule has 0 spiro atoms. The van der Waals surface area contributed by atoms with Gasteiger partial charge in [0.1, 0.15) is 0 Å². The van der Waals surface area contributed by atoms with Crippen molar-refractivity contribution in [2.75, 3.05) is 22.9 Å². The van der Waals surface area contributed by atoms with Crippen molar-refractivity contribution in [2.24, 2.45) is 0 Å².